The molecule has 0 saturated heterocycles. The van der Waals surface area contributed by atoms with Crippen molar-refractivity contribution in [2.45, 2.75) is 25.7 Å². The molecule has 0 spiro atoms. The lowest BCUT2D eigenvalue weighted by Gasteiger charge is -2.13. The monoisotopic (exact) mass is 382 g/mol. The molecule has 8 heteroatoms. The summed E-state index contributed by atoms with van der Waals surface area (Å²) in [6, 6.07) is 6.77. The Morgan fingerprint density at radius 2 is 1.78 bits per heavy atom. The molecule has 0 bridgehead atoms. The maximum atomic E-state index is 12.6. The molecule has 0 aliphatic heterocycles. The minimum absolute atomic E-state index is 0.0837. The van der Waals surface area contributed by atoms with Crippen LogP contribution in [0.15, 0.2) is 34.4 Å². The van der Waals surface area contributed by atoms with Crippen LogP contribution in [0.2, 0.25) is 0 Å². The van der Waals surface area contributed by atoms with E-state index < -0.39 is 5.91 Å². The van der Waals surface area contributed by atoms with Gasteiger partial charge in [-0.2, -0.15) is 5.10 Å². The number of aryl methyl sites for hydroxylation is 2. The number of aromatic nitrogens is 2. The van der Waals surface area contributed by atoms with E-state index in [-0.39, 0.29) is 17.2 Å². The molecule has 2 N–H and O–H groups in total. The number of thiophene rings is 1. The van der Waals surface area contributed by atoms with Gasteiger partial charge in [0, 0.05) is 22.7 Å². The molecule has 138 valence electrons. The lowest BCUT2D eigenvalue weighted by Crippen LogP contribution is -2.43. The van der Waals surface area contributed by atoms with Gasteiger partial charge in [0.05, 0.1) is 10.9 Å². The van der Waals surface area contributed by atoms with Gasteiger partial charge in [-0.3, -0.25) is 25.2 Å². The number of carbonyl (C=O) groups is 2. The number of nitrogens with zero attached hydrogens (tertiary/aromatic N) is 2. The van der Waals surface area contributed by atoms with Crippen LogP contribution in [-0.2, 0) is 19.9 Å². The maximum Gasteiger partial charge on any atom is 0.290 e. The van der Waals surface area contributed by atoms with Crippen molar-refractivity contribution in [3.05, 3.63) is 61.7 Å². The van der Waals surface area contributed by atoms with Gasteiger partial charge >= 0.3 is 0 Å². The third-order valence-electron chi connectivity index (χ3n) is 4.77. The molecule has 27 heavy (non-hydrogen) atoms. The molecule has 3 aromatic rings. The fraction of sp³-hybridized carbons (Fsp3) is 0.263. The van der Waals surface area contributed by atoms with Crippen molar-refractivity contribution >= 4 is 33.9 Å². The zero-order chi connectivity index (χ0) is 19.0. The largest absolute Gasteiger partial charge is 0.290 e. The van der Waals surface area contributed by atoms with Crippen molar-refractivity contribution in [2.24, 2.45) is 7.05 Å². The van der Waals surface area contributed by atoms with Gasteiger partial charge in [0.1, 0.15) is 0 Å². The van der Waals surface area contributed by atoms with Crippen LogP contribution in [0.25, 0.3) is 10.8 Å². The minimum atomic E-state index is -0.570. The second-order valence-electron chi connectivity index (χ2n) is 6.49. The third kappa shape index (κ3) is 3.12. The molecule has 4 rings (SSSR count). The molecule has 1 aromatic carbocycles. The normalized spacial score (nSPS) is 13.2. The van der Waals surface area contributed by atoms with Gasteiger partial charge in [0.25, 0.3) is 17.4 Å². The highest BCUT2D eigenvalue weighted by Crippen LogP contribution is 2.30. The van der Waals surface area contributed by atoms with Gasteiger partial charge in [-0.15, -0.1) is 11.3 Å². The standard InChI is InChI=1S/C19H18N4O3S/c1-23-19(26)13-8-3-2-7-12(13)16(22-23)18(25)21-20-17(24)14-10-27-15-9-5-4-6-11(14)15/h2-3,7-8,10H,4-6,9H2,1H3,(H,20,24)(H,21,25). The lowest BCUT2D eigenvalue weighted by molar-refractivity contribution is 0.0843. The molecule has 0 saturated carbocycles. The zero-order valence-electron chi connectivity index (χ0n) is 14.7. The van der Waals surface area contributed by atoms with Crippen molar-refractivity contribution < 1.29 is 9.59 Å². The fourth-order valence-electron chi connectivity index (χ4n) is 3.39. The second-order valence-corrected chi connectivity index (χ2v) is 7.45. The Bertz CT molecular complexity index is 1120. The summed E-state index contributed by atoms with van der Waals surface area (Å²) >= 11 is 1.59. The summed E-state index contributed by atoms with van der Waals surface area (Å²) in [4.78, 5) is 38.5. The van der Waals surface area contributed by atoms with Gasteiger partial charge in [0.2, 0.25) is 0 Å². The van der Waals surface area contributed by atoms with E-state index in [9.17, 15) is 14.4 Å². The van der Waals surface area contributed by atoms with Crippen molar-refractivity contribution in [2.75, 3.05) is 0 Å². The molecule has 0 atom stereocenters. The van der Waals surface area contributed by atoms with E-state index in [0.717, 1.165) is 35.9 Å². The van der Waals surface area contributed by atoms with Gasteiger partial charge in [-0.05, 0) is 37.3 Å². The molecule has 1 aliphatic rings. The van der Waals surface area contributed by atoms with Crippen LogP contribution < -0.4 is 16.4 Å². The fourth-order valence-corrected chi connectivity index (χ4v) is 4.52. The van der Waals surface area contributed by atoms with Crippen molar-refractivity contribution in [3.63, 3.8) is 0 Å². The van der Waals surface area contributed by atoms with Crippen LogP contribution in [0.4, 0.5) is 0 Å². The summed E-state index contributed by atoms with van der Waals surface area (Å²) in [6.07, 6.45) is 4.12. The summed E-state index contributed by atoms with van der Waals surface area (Å²) in [5.74, 6) is -0.906. The smallest absolute Gasteiger partial charge is 0.267 e. The number of amides is 2. The Morgan fingerprint density at radius 3 is 2.59 bits per heavy atom. The Hall–Kier alpha value is -3.00. The number of hydrogen-bond donors (Lipinski definition) is 2. The second kappa shape index (κ2) is 6.96. The van der Waals surface area contributed by atoms with E-state index in [1.807, 2.05) is 5.38 Å². The average molecular weight is 382 g/mol. The number of nitrogens with one attached hydrogen (secondary N) is 2. The van der Waals surface area contributed by atoms with Crippen LogP contribution in [0.1, 0.15) is 44.1 Å². The first-order chi connectivity index (χ1) is 13.1. The predicted octanol–water partition coefficient (Wildman–Crippen LogP) is 1.95. The number of hydrogen-bond acceptors (Lipinski definition) is 5. The van der Waals surface area contributed by atoms with Crippen molar-refractivity contribution in [1.82, 2.24) is 20.6 Å². The van der Waals surface area contributed by atoms with Gasteiger partial charge in [-0.1, -0.05) is 18.2 Å². The molecule has 0 radical (unpaired) electrons. The average Bonchev–Trinajstić information content (AvgIpc) is 3.13. The van der Waals surface area contributed by atoms with Crippen LogP contribution in [0.3, 0.4) is 0 Å². The zero-order valence-corrected chi connectivity index (χ0v) is 15.6. The molecule has 2 heterocycles. The molecular formula is C19H18N4O3S. The molecule has 7 nitrogen and oxygen atoms in total. The van der Waals surface area contributed by atoms with E-state index >= 15 is 0 Å². The van der Waals surface area contributed by atoms with Crippen LogP contribution in [-0.4, -0.2) is 21.6 Å². The van der Waals surface area contributed by atoms with Gasteiger partial charge in [-0.25, -0.2) is 4.68 Å². The lowest BCUT2D eigenvalue weighted by atomic mass is 9.96. The minimum Gasteiger partial charge on any atom is -0.267 e. The Balaban J connectivity index is 1.56. The molecule has 2 amide bonds. The summed E-state index contributed by atoms with van der Waals surface area (Å²) in [5.41, 5.74) is 6.40. The molecule has 2 aromatic heterocycles. The van der Waals surface area contributed by atoms with Crippen molar-refractivity contribution in [3.8, 4) is 0 Å². The number of benzene rings is 1. The maximum absolute atomic E-state index is 12.6. The van der Waals surface area contributed by atoms with E-state index in [1.165, 1.54) is 11.9 Å². The highest BCUT2D eigenvalue weighted by atomic mass is 32.1. The van der Waals surface area contributed by atoms with E-state index in [1.54, 1.807) is 35.6 Å². The summed E-state index contributed by atoms with van der Waals surface area (Å²) in [5, 5.41) is 6.75. The van der Waals surface area contributed by atoms with Crippen molar-refractivity contribution in [1.29, 1.82) is 0 Å². The number of rotatable bonds is 2. The topological polar surface area (TPSA) is 93.1 Å². The Kier molecular flexibility index (Phi) is 4.49. The first-order valence-corrected chi connectivity index (χ1v) is 9.60. The van der Waals surface area contributed by atoms with E-state index in [0.29, 0.717) is 16.3 Å². The first kappa shape index (κ1) is 17.4. The Morgan fingerprint density at radius 1 is 1.07 bits per heavy atom. The molecule has 1 aliphatic carbocycles. The number of hydrazine groups is 1. The molecule has 0 unspecified atom stereocenters. The van der Waals surface area contributed by atoms with Crippen LogP contribution >= 0.6 is 11.3 Å². The highest BCUT2D eigenvalue weighted by Gasteiger charge is 2.21. The summed E-state index contributed by atoms with van der Waals surface area (Å²) in [6.45, 7) is 0. The quantitative estimate of drug-likeness (QED) is 0.663. The predicted molar refractivity (Wildman–Crippen MR) is 103 cm³/mol. The first-order valence-electron chi connectivity index (χ1n) is 8.72. The SMILES string of the molecule is Cn1nc(C(=O)NNC(=O)c2csc3c2CCCC3)c2ccccc2c1=O. The highest BCUT2D eigenvalue weighted by molar-refractivity contribution is 7.10. The third-order valence-corrected chi connectivity index (χ3v) is 5.86. The van der Waals surface area contributed by atoms with Gasteiger partial charge in [0.15, 0.2) is 5.69 Å². The van der Waals surface area contributed by atoms with E-state index in [2.05, 4.69) is 16.0 Å². The summed E-state index contributed by atoms with van der Waals surface area (Å²) < 4.78 is 1.12. The summed E-state index contributed by atoms with van der Waals surface area (Å²) in [7, 11) is 1.49. The number of fused-ring (bicyclic) bond motifs is 2. The van der Waals surface area contributed by atoms with E-state index in [4.69, 9.17) is 0 Å². The Labute approximate surface area is 159 Å². The van der Waals surface area contributed by atoms with Crippen LogP contribution in [0.5, 0.6) is 0 Å². The molecular weight excluding hydrogens is 364 g/mol. The molecule has 0 fully saturated rings. The van der Waals surface area contributed by atoms with Gasteiger partial charge < -0.3 is 0 Å². The van der Waals surface area contributed by atoms with Crippen LogP contribution in [0, 0.1) is 0 Å². The number of carbonyl (C=O) groups excluding carboxylic acids is 2.